The molecule has 0 amide bonds. The van der Waals surface area contributed by atoms with Gasteiger partial charge in [0.05, 0.1) is 18.2 Å². The molecule has 0 saturated carbocycles. The highest BCUT2D eigenvalue weighted by molar-refractivity contribution is 5.51. The minimum Gasteiger partial charge on any atom is -0.366 e. The largest absolute Gasteiger partial charge is 0.416 e. The molecule has 1 aliphatic heterocycles. The van der Waals surface area contributed by atoms with E-state index in [2.05, 4.69) is 4.84 Å². The van der Waals surface area contributed by atoms with Crippen LogP contribution in [-0.4, -0.2) is 19.2 Å². The fourth-order valence-electron chi connectivity index (χ4n) is 2.32. The average molecular weight is 260 g/mol. The van der Waals surface area contributed by atoms with Crippen LogP contribution in [0.1, 0.15) is 18.4 Å². The Bertz CT molecular complexity index is 409. The quantitative estimate of drug-likeness (QED) is 0.849. The van der Waals surface area contributed by atoms with Gasteiger partial charge in [0.15, 0.2) is 0 Å². The van der Waals surface area contributed by atoms with Gasteiger partial charge in [-0.25, -0.2) is 5.90 Å². The molecular weight excluding hydrogens is 245 g/mol. The molecule has 1 saturated heterocycles. The molecule has 1 aliphatic rings. The van der Waals surface area contributed by atoms with Crippen molar-refractivity contribution in [3.05, 3.63) is 29.8 Å². The van der Waals surface area contributed by atoms with E-state index in [1.807, 2.05) is 4.90 Å². The van der Waals surface area contributed by atoms with Gasteiger partial charge >= 0.3 is 6.18 Å². The Morgan fingerprint density at radius 3 is 2.83 bits per heavy atom. The highest BCUT2D eigenvalue weighted by Gasteiger charge is 2.32. The molecule has 1 atom stereocenters. The first-order valence-electron chi connectivity index (χ1n) is 5.78. The van der Waals surface area contributed by atoms with Crippen molar-refractivity contribution in [2.24, 2.45) is 5.90 Å². The first kappa shape index (κ1) is 13.2. The van der Waals surface area contributed by atoms with E-state index in [0.29, 0.717) is 12.3 Å². The molecule has 1 aromatic carbocycles. The van der Waals surface area contributed by atoms with Crippen molar-refractivity contribution in [3.63, 3.8) is 0 Å². The first-order valence-corrected chi connectivity index (χ1v) is 5.78. The monoisotopic (exact) mass is 260 g/mol. The van der Waals surface area contributed by atoms with Gasteiger partial charge in [0.1, 0.15) is 0 Å². The summed E-state index contributed by atoms with van der Waals surface area (Å²) in [4.78, 5) is 6.53. The highest BCUT2D eigenvalue weighted by Crippen LogP contribution is 2.33. The third-order valence-corrected chi connectivity index (χ3v) is 3.17. The van der Waals surface area contributed by atoms with Crippen molar-refractivity contribution in [2.45, 2.75) is 25.1 Å². The SMILES string of the molecule is NOCC1CCCN1c1cccc(C(F)(F)F)c1. The van der Waals surface area contributed by atoms with Crippen LogP contribution in [0.5, 0.6) is 0 Å². The number of alkyl halides is 3. The smallest absolute Gasteiger partial charge is 0.366 e. The number of nitrogens with two attached hydrogens (primary N) is 1. The molecule has 0 bridgehead atoms. The van der Waals surface area contributed by atoms with Crippen LogP contribution < -0.4 is 10.8 Å². The summed E-state index contributed by atoms with van der Waals surface area (Å²) in [7, 11) is 0. The molecule has 1 aromatic rings. The van der Waals surface area contributed by atoms with Crippen molar-refractivity contribution >= 4 is 5.69 Å². The second-order valence-corrected chi connectivity index (χ2v) is 4.37. The minimum atomic E-state index is -4.31. The van der Waals surface area contributed by atoms with Crippen LogP contribution >= 0.6 is 0 Å². The van der Waals surface area contributed by atoms with Gasteiger partial charge in [0, 0.05) is 12.2 Å². The fourth-order valence-corrected chi connectivity index (χ4v) is 2.32. The number of halogens is 3. The maximum atomic E-state index is 12.6. The Morgan fingerprint density at radius 1 is 1.39 bits per heavy atom. The van der Waals surface area contributed by atoms with E-state index >= 15 is 0 Å². The van der Waals surface area contributed by atoms with Gasteiger partial charge in [-0.2, -0.15) is 13.2 Å². The molecule has 1 fully saturated rings. The molecule has 100 valence electrons. The molecule has 1 unspecified atom stereocenters. The number of nitrogens with zero attached hydrogens (tertiary/aromatic N) is 1. The van der Waals surface area contributed by atoms with E-state index in [0.717, 1.165) is 25.5 Å². The summed E-state index contributed by atoms with van der Waals surface area (Å²) in [5.74, 6) is 5.04. The average Bonchev–Trinajstić information content (AvgIpc) is 2.77. The molecule has 1 heterocycles. The topological polar surface area (TPSA) is 38.5 Å². The van der Waals surface area contributed by atoms with E-state index in [-0.39, 0.29) is 6.04 Å². The molecule has 0 aromatic heterocycles. The minimum absolute atomic E-state index is 0.0542. The third-order valence-electron chi connectivity index (χ3n) is 3.17. The predicted octanol–water partition coefficient (Wildman–Crippen LogP) is 2.56. The number of hydrogen-bond donors (Lipinski definition) is 1. The number of rotatable bonds is 3. The molecule has 3 nitrogen and oxygen atoms in total. The zero-order valence-electron chi connectivity index (χ0n) is 9.78. The van der Waals surface area contributed by atoms with E-state index in [4.69, 9.17) is 5.90 Å². The van der Waals surface area contributed by atoms with Gasteiger partial charge in [-0.05, 0) is 31.0 Å². The molecule has 0 radical (unpaired) electrons. The molecule has 2 N–H and O–H groups in total. The van der Waals surface area contributed by atoms with E-state index in [1.54, 1.807) is 6.07 Å². The lowest BCUT2D eigenvalue weighted by atomic mass is 10.1. The van der Waals surface area contributed by atoms with E-state index < -0.39 is 11.7 Å². The number of benzene rings is 1. The standard InChI is InChI=1S/C12H15F3N2O/c13-12(14,15)9-3-1-4-10(7-9)17-6-2-5-11(17)8-18-16/h1,3-4,7,11H,2,5-6,8,16H2. The zero-order valence-corrected chi connectivity index (χ0v) is 9.78. The number of anilines is 1. The van der Waals surface area contributed by atoms with E-state index in [9.17, 15) is 13.2 Å². The first-order chi connectivity index (χ1) is 8.52. The van der Waals surface area contributed by atoms with Crippen LogP contribution in [0.15, 0.2) is 24.3 Å². The summed E-state index contributed by atoms with van der Waals surface area (Å²) in [6, 6.07) is 5.42. The Morgan fingerprint density at radius 2 is 2.17 bits per heavy atom. The summed E-state index contributed by atoms with van der Waals surface area (Å²) >= 11 is 0. The summed E-state index contributed by atoms with van der Waals surface area (Å²) in [6.45, 7) is 1.06. The summed E-state index contributed by atoms with van der Waals surface area (Å²) in [5, 5.41) is 0. The van der Waals surface area contributed by atoms with Gasteiger partial charge in [-0.3, -0.25) is 0 Å². The fraction of sp³-hybridized carbons (Fsp3) is 0.500. The Balaban J connectivity index is 2.22. The van der Waals surface area contributed by atoms with Crippen LogP contribution in [0, 0.1) is 0 Å². The lowest BCUT2D eigenvalue weighted by molar-refractivity contribution is -0.137. The molecular formula is C12H15F3N2O. The van der Waals surface area contributed by atoms with Crippen LogP contribution in [0.4, 0.5) is 18.9 Å². The maximum Gasteiger partial charge on any atom is 0.416 e. The van der Waals surface area contributed by atoms with Gasteiger partial charge in [-0.1, -0.05) is 6.07 Å². The van der Waals surface area contributed by atoms with E-state index in [1.165, 1.54) is 12.1 Å². The molecule has 0 spiro atoms. The molecule has 2 rings (SSSR count). The summed E-state index contributed by atoms with van der Waals surface area (Å²) < 4.78 is 37.9. The predicted molar refractivity (Wildman–Crippen MR) is 62.0 cm³/mol. The molecule has 6 heteroatoms. The van der Waals surface area contributed by atoms with Crippen molar-refractivity contribution < 1.29 is 18.0 Å². The van der Waals surface area contributed by atoms with Crippen LogP contribution in [-0.2, 0) is 11.0 Å². The third kappa shape index (κ3) is 2.76. The van der Waals surface area contributed by atoms with Crippen molar-refractivity contribution in [2.75, 3.05) is 18.1 Å². The second-order valence-electron chi connectivity index (χ2n) is 4.37. The Labute approximate surface area is 103 Å². The highest BCUT2D eigenvalue weighted by atomic mass is 19.4. The summed E-state index contributed by atoms with van der Waals surface area (Å²) in [6.07, 6.45) is -2.49. The van der Waals surface area contributed by atoms with Crippen molar-refractivity contribution in [3.8, 4) is 0 Å². The van der Waals surface area contributed by atoms with Crippen LogP contribution in [0.2, 0.25) is 0 Å². The zero-order chi connectivity index (χ0) is 13.2. The van der Waals surface area contributed by atoms with Crippen LogP contribution in [0.3, 0.4) is 0 Å². The second kappa shape index (κ2) is 5.16. The summed E-state index contributed by atoms with van der Waals surface area (Å²) in [5.41, 5.74) is -0.0521. The van der Waals surface area contributed by atoms with Gasteiger partial charge in [-0.15, -0.1) is 0 Å². The molecule has 0 aliphatic carbocycles. The Hall–Kier alpha value is -1.27. The van der Waals surface area contributed by atoms with Gasteiger partial charge in [0.25, 0.3) is 0 Å². The Kier molecular flexibility index (Phi) is 3.77. The van der Waals surface area contributed by atoms with Gasteiger partial charge in [0.2, 0.25) is 0 Å². The van der Waals surface area contributed by atoms with Crippen LogP contribution in [0.25, 0.3) is 0 Å². The maximum absolute atomic E-state index is 12.6. The van der Waals surface area contributed by atoms with Gasteiger partial charge < -0.3 is 9.74 Å². The normalized spacial score (nSPS) is 20.4. The molecule has 18 heavy (non-hydrogen) atoms. The number of hydrogen-bond acceptors (Lipinski definition) is 3. The lowest BCUT2D eigenvalue weighted by Gasteiger charge is -2.26. The van der Waals surface area contributed by atoms with Crippen molar-refractivity contribution in [1.29, 1.82) is 0 Å². The van der Waals surface area contributed by atoms with Crippen molar-refractivity contribution in [1.82, 2.24) is 0 Å². The lowest BCUT2D eigenvalue weighted by Crippen LogP contribution is -2.34.